The summed E-state index contributed by atoms with van der Waals surface area (Å²) in [7, 11) is 0. The number of pyridine rings is 1. The van der Waals surface area contributed by atoms with Gasteiger partial charge in [0.2, 0.25) is 5.95 Å². The molecule has 0 bridgehead atoms. The van der Waals surface area contributed by atoms with Crippen LogP contribution >= 0.6 is 0 Å². The molecule has 5 nitrogen and oxygen atoms in total. The fraction of sp³-hybridized carbons (Fsp3) is 0.333. The van der Waals surface area contributed by atoms with Crippen molar-refractivity contribution < 1.29 is 18.0 Å². The van der Waals surface area contributed by atoms with E-state index in [0.29, 0.717) is 47.8 Å². The molecule has 0 radical (unpaired) electrons. The van der Waals surface area contributed by atoms with E-state index in [1.807, 2.05) is 36.4 Å². The lowest BCUT2D eigenvalue weighted by molar-refractivity contribution is 0.0754. The monoisotopic (exact) mass is 480 g/mol. The van der Waals surface area contributed by atoms with Crippen LogP contribution in [0, 0.1) is 5.95 Å². The maximum atomic E-state index is 14.8. The van der Waals surface area contributed by atoms with E-state index in [1.54, 1.807) is 17.0 Å². The third kappa shape index (κ3) is 4.89. The average Bonchev–Trinajstić information content (AvgIpc) is 2.84. The Hall–Kier alpha value is -3.39. The molecular formula is C27H27F3N4O. The molecule has 1 fully saturated rings. The Morgan fingerprint density at radius 2 is 1.71 bits per heavy atom. The number of alkyl halides is 2. The number of nitrogens with two attached hydrogens (primary N) is 1. The highest BCUT2D eigenvalue weighted by Gasteiger charge is 2.23. The van der Waals surface area contributed by atoms with Crippen molar-refractivity contribution in [3.63, 3.8) is 0 Å². The number of amides is 1. The van der Waals surface area contributed by atoms with Crippen LogP contribution in [0.2, 0.25) is 0 Å². The first-order valence-corrected chi connectivity index (χ1v) is 11.9. The van der Waals surface area contributed by atoms with Gasteiger partial charge in [-0.25, -0.2) is 13.8 Å². The second-order valence-electron chi connectivity index (χ2n) is 9.23. The Labute approximate surface area is 202 Å². The molecule has 1 saturated heterocycles. The summed E-state index contributed by atoms with van der Waals surface area (Å²) in [5.74, 6) is -0.339. The van der Waals surface area contributed by atoms with Crippen molar-refractivity contribution in [3.05, 3.63) is 71.2 Å². The van der Waals surface area contributed by atoms with E-state index < -0.39 is 12.4 Å². The van der Waals surface area contributed by atoms with E-state index in [-0.39, 0.29) is 18.3 Å². The second kappa shape index (κ2) is 9.70. The molecule has 3 aromatic rings. The predicted octanol–water partition coefficient (Wildman–Crippen LogP) is 4.87. The zero-order valence-corrected chi connectivity index (χ0v) is 19.2. The molecule has 3 N–H and O–H groups in total. The highest BCUT2D eigenvalue weighted by atomic mass is 19.3. The number of aromatic nitrogens is 1. The number of hydrogen-bond acceptors (Lipinski definition) is 4. The number of nitrogen functional groups attached to an aromatic ring is 1. The third-order valence-corrected chi connectivity index (χ3v) is 7.02. The number of anilines is 1. The van der Waals surface area contributed by atoms with Gasteiger partial charge in [-0.3, -0.25) is 9.69 Å². The average molecular weight is 481 g/mol. The molecule has 0 unspecified atom stereocenters. The first-order valence-electron chi connectivity index (χ1n) is 11.9. The lowest BCUT2D eigenvalue weighted by Crippen LogP contribution is -2.36. The van der Waals surface area contributed by atoms with Crippen LogP contribution in [0.1, 0.15) is 40.2 Å². The molecular weight excluding hydrogens is 453 g/mol. The van der Waals surface area contributed by atoms with Crippen LogP contribution in [0.25, 0.3) is 22.3 Å². The number of carbonyl (C=O) groups excluding carboxylic acids is 1. The Kier molecular flexibility index (Phi) is 6.47. The van der Waals surface area contributed by atoms with E-state index in [9.17, 15) is 18.0 Å². The summed E-state index contributed by atoms with van der Waals surface area (Å²) in [6, 6.07) is 14.9. The molecule has 2 aromatic carbocycles. The number of likely N-dealkylation sites (tertiary alicyclic amines) is 1. The lowest BCUT2D eigenvalue weighted by atomic mass is 9.88. The zero-order valence-electron chi connectivity index (χ0n) is 19.2. The van der Waals surface area contributed by atoms with E-state index in [2.05, 4.69) is 10.3 Å². The van der Waals surface area contributed by atoms with Crippen LogP contribution in [0.5, 0.6) is 0 Å². The predicted molar refractivity (Wildman–Crippen MR) is 130 cm³/mol. The van der Waals surface area contributed by atoms with Gasteiger partial charge in [0.15, 0.2) is 0 Å². The van der Waals surface area contributed by atoms with Crippen LogP contribution in [-0.2, 0) is 6.42 Å². The normalized spacial score (nSPS) is 16.9. The quantitative estimate of drug-likeness (QED) is 0.512. The summed E-state index contributed by atoms with van der Waals surface area (Å²) in [5, 5.41) is 2.83. The fourth-order valence-corrected chi connectivity index (χ4v) is 5.11. The highest BCUT2D eigenvalue weighted by Crippen LogP contribution is 2.35. The first-order chi connectivity index (χ1) is 16.9. The molecule has 35 heavy (non-hydrogen) atoms. The van der Waals surface area contributed by atoms with Crippen LogP contribution in [0.3, 0.4) is 0 Å². The highest BCUT2D eigenvalue weighted by molar-refractivity contribution is 5.97. The van der Waals surface area contributed by atoms with Gasteiger partial charge in [-0.05, 0) is 72.7 Å². The smallest absolute Gasteiger partial charge is 0.251 e. The molecule has 0 saturated carbocycles. The van der Waals surface area contributed by atoms with Crippen molar-refractivity contribution in [2.45, 2.75) is 31.6 Å². The molecule has 8 heteroatoms. The number of carbonyl (C=O) groups is 1. The van der Waals surface area contributed by atoms with Crippen molar-refractivity contribution in [1.82, 2.24) is 15.2 Å². The van der Waals surface area contributed by atoms with E-state index in [0.717, 1.165) is 36.0 Å². The summed E-state index contributed by atoms with van der Waals surface area (Å²) < 4.78 is 40.1. The minimum atomic E-state index is -2.31. The Balaban J connectivity index is 1.38. The van der Waals surface area contributed by atoms with Crippen molar-refractivity contribution in [2.75, 3.05) is 31.9 Å². The Bertz CT molecular complexity index is 1240. The topological polar surface area (TPSA) is 71.2 Å². The number of halogens is 3. The minimum Gasteiger partial charge on any atom is -0.383 e. The van der Waals surface area contributed by atoms with E-state index in [1.165, 1.54) is 0 Å². The van der Waals surface area contributed by atoms with Gasteiger partial charge in [0.1, 0.15) is 5.82 Å². The molecule has 3 heterocycles. The second-order valence-corrected chi connectivity index (χ2v) is 9.23. The molecule has 0 aliphatic carbocycles. The molecule has 2 aliphatic heterocycles. The summed E-state index contributed by atoms with van der Waals surface area (Å²) in [6.45, 7) is 1.71. The third-order valence-electron chi connectivity index (χ3n) is 7.02. The van der Waals surface area contributed by atoms with Gasteiger partial charge in [-0.15, -0.1) is 0 Å². The lowest BCUT2D eigenvalue weighted by Gasteiger charge is -2.31. The Morgan fingerprint density at radius 3 is 2.43 bits per heavy atom. The fourth-order valence-electron chi connectivity index (χ4n) is 5.11. The van der Waals surface area contributed by atoms with Crippen LogP contribution in [-0.4, -0.2) is 48.4 Å². The number of piperidine rings is 1. The number of benzene rings is 2. The maximum absolute atomic E-state index is 14.8. The number of fused-ring (bicyclic) bond motifs is 1. The summed E-state index contributed by atoms with van der Waals surface area (Å²) in [5.41, 5.74) is 11.2. The number of hydrogen-bond donors (Lipinski definition) is 2. The van der Waals surface area contributed by atoms with Crippen molar-refractivity contribution in [1.29, 1.82) is 0 Å². The number of rotatable bonds is 5. The van der Waals surface area contributed by atoms with Gasteiger partial charge in [-0.2, -0.15) is 4.39 Å². The zero-order chi connectivity index (χ0) is 24.5. The summed E-state index contributed by atoms with van der Waals surface area (Å²) in [4.78, 5) is 17.8. The largest absolute Gasteiger partial charge is 0.383 e. The van der Waals surface area contributed by atoms with Gasteiger partial charge in [0.25, 0.3) is 12.3 Å². The van der Waals surface area contributed by atoms with Crippen molar-refractivity contribution in [2.24, 2.45) is 0 Å². The maximum Gasteiger partial charge on any atom is 0.251 e. The molecule has 0 spiro atoms. The molecule has 182 valence electrons. The van der Waals surface area contributed by atoms with Crippen LogP contribution in [0.15, 0.2) is 48.5 Å². The van der Waals surface area contributed by atoms with Crippen molar-refractivity contribution in [3.8, 4) is 22.3 Å². The summed E-state index contributed by atoms with van der Waals surface area (Å²) in [6.07, 6.45) is 0.0630. The summed E-state index contributed by atoms with van der Waals surface area (Å²) >= 11 is 0. The number of nitrogens with one attached hydrogen (secondary N) is 1. The van der Waals surface area contributed by atoms with Crippen LogP contribution in [0.4, 0.5) is 19.0 Å². The first kappa shape index (κ1) is 23.4. The molecule has 0 atom stereocenters. The van der Waals surface area contributed by atoms with Gasteiger partial charge in [0.05, 0.1) is 6.54 Å². The Morgan fingerprint density at radius 1 is 1.00 bits per heavy atom. The standard InChI is InChI=1S/C27H27F3N4O/c28-24(29)15-34-11-8-17(9-12-34)16-1-3-18(4-2-16)22-14-23(26(31)33-25(22)30)19-5-6-21-20(13-19)7-10-32-27(21)35/h1-6,13-14,17,24H,7-12,15H2,(H2,31,33)(H,32,35). The van der Waals surface area contributed by atoms with E-state index >= 15 is 0 Å². The van der Waals surface area contributed by atoms with Gasteiger partial charge in [-0.1, -0.05) is 36.4 Å². The van der Waals surface area contributed by atoms with Crippen LogP contribution < -0.4 is 11.1 Å². The van der Waals surface area contributed by atoms with E-state index in [4.69, 9.17) is 5.73 Å². The SMILES string of the molecule is Nc1nc(F)c(-c2ccc(C3CCN(CC(F)F)CC3)cc2)cc1-c1ccc2c(c1)CCNC2=O. The number of nitrogens with zero attached hydrogens (tertiary/aromatic N) is 2. The molecule has 2 aliphatic rings. The van der Waals surface area contributed by atoms with Gasteiger partial charge >= 0.3 is 0 Å². The minimum absolute atomic E-state index is 0.0940. The molecule has 5 rings (SSSR count). The van der Waals surface area contributed by atoms with Crippen molar-refractivity contribution >= 4 is 11.7 Å². The van der Waals surface area contributed by atoms with Gasteiger partial charge < -0.3 is 11.1 Å². The molecule has 1 amide bonds. The van der Waals surface area contributed by atoms with Gasteiger partial charge in [0, 0.05) is 23.2 Å². The molecule has 1 aromatic heterocycles.